The van der Waals surface area contributed by atoms with E-state index < -0.39 is 12.1 Å². The van der Waals surface area contributed by atoms with Gasteiger partial charge >= 0.3 is 5.97 Å². The summed E-state index contributed by atoms with van der Waals surface area (Å²) in [6.45, 7) is 2.97. The van der Waals surface area contributed by atoms with Crippen LogP contribution in [-0.4, -0.2) is 37.0 Å². The zero-order chi connectivity index (χ0) is 28.4. The highest BCUT2D eigenvalue weighted by Crippen LogP contribution is 2.36. The van der Waals surface area contributed by atoms with Gasteiger partial charge in [-0.1, -0.05) is 97.1 Å². The summed E-state index contributed by atoms with van der Waals surface area (Å²) in [6.07, 6.45) is 5.56. The van der Waals surface area contributed by atoms with Crippen LogP contribution in [0, 0.1) is 0 Å². The lowest BCUT2D eigenvalue weighted by Crippen LogP contribution is -2.26. The van der Waals surface area contributed by atoms with Crippen LogP contribution in [0.25, 0.3) is 12.2 Å². The van der Waals surface area contributed by atoms with Crippen LogP contribution in [-0.2, 0) is 33.5 Å². The van der Waals surface area contributed by atoms with Crippen molar-refractivity contribution in [2.24, 2.45) is 0 Å². The molecule has 0 aliphatic heterocycles. The van der Waals surface area contributed by atoms with Gasteiger partial charge in [0.2, 0.25) is 0 Å². The number of carbonyl (C=O) groups is 1. The van der Waals surface area contributed by atoms with Crippen molar-refractivity contribution in [3.63, 3.8) is 0 Å². The molecule has 41 heavy (non-hydrogen) atoms. The van der Waals surface area contributed by atoms with Crippen LogP contribution in [0.2, 0.25) is 0 Å². The highest BCUT2D eigenvalue weighted by atomic mass is 16.5. The number of ether oxygens (including phenoxy) is 3. The van der Waals surface area contributed by atoms with Crippen molar-refractivity contribution in [3.05, 3.63) is 136 Å². The Kier molecular flexibility index (Phi) is 9.63. The van der Waals surface area contributed by atoms with Gasteiger partial charge in [-0.2, -0.15) is 0 Å². The van der Waals surface area contributed by atoms with Crippen LogP contribution >= 0.6 is 0 Å². The molecule has 0 amide bonds. The SMILES string of the molecule is CCOC(Cc1ccc(OCCOC2c3ccccc3C=Cc3ccc(CCc4ccccc4)cc32)cc1)C(=O)O. The minimum absolute atomic E-state index is 0.203. The number of hydrogen-bond donors (Lipinski definition) is 1. The average molecular weight is 549 g/mol. The van der Waals surface area contributed by atoms with Crippen molar-refractivity contribution >= 4 is 18.1 Å². The van der Waals surface area contributed by atoms with E-state index in [1.54, 1.807) is 6.92 Å². The van der Waals surface area contributed by atoms with Crippen LogP contribution in [0.1, 0.15) is 52.0 Å². The maximum absolute atomic E-state index is 11.4. The molecule has 0 bridgehead atoms. The van der Waals surface area contributed by atoms with Gasteiger partial charge in [-0.05, 0) is 70.8 Å². The zero-order valence-corrected chi connectivity index (χ0v) is 23.4. The van der Waals surface area contributed by atoms with E-state index in [-0.39, 0.29) is 6.10 Å². The fraction of sp³-hybridized carbons (Fsp3) is 0.250. The third-order valence-corrected chi connectivity index (χ3v) is 7.32. The highest BCUT2D eigenvalue weighted by Gasteiger charge is 2.23. The molecule has 1 aliphatic rings. The Morgan fingerprint density at radius 3 is 2.20 bits per heavy atom. The molecule has 2 atom stereocenters. The lowest BCUT2D eigenvalue weighted by atomic mass is 9.93. The quantitative estimate of drug-likeness (QED) is 0.179. The number of aryl methyl sites for hydroxylation is 2. The molecule has 0 saturated heterocycles. The second-order valence-electron chi connectivity index (χ2n) is 10.1. The summed E-state index contributed by atoms with van der Waals surface area (Å²) in [5.74, 6) is -0.239. The Labute approximate surface area is 242 Å². The maximum atomic E-state index is 11.4. The first kappa shape index (κ1) is 28.3. The van der Waals surface area contributed by atoms with E-state index in [9.17, 15) is 9.90 Å². The Morgan fingerprint density at radius 1 is 0.756 bits per heavy atom. The Bertz CT molecular complexity index is 1460. The second-order valence-corrected chi connectivity index (χ2v) is 10.1. The van der Waals surface area contributed by atoms with E-state index in [1.165, 1.54) is 16.7 Å². The van der Waals surface area contributed by atoms with Crippen molar-refractivity contribution in [1.29, 1.82) is 0 Å². The first-order valence-corrected chi connectivity index (χ1v) is 14.2. The molecule has 0 fully saturated rings. The van der Waals surface area contributed by atoms with E-state index in [4.69, 9.17) is 14.2 Å². The number of carboxylic acids is 1. The molecule has 0 spiro atoms. The van der Waals surface area contributed by atoms with Gasteiger partial charge in [0.05, 0.1) is 6.61 Å². The predicted molar refractivity (Wildman–Crippen MR) is 162 cm³/mol. The molecule has 2 unspecified atom stereocenters. The number of hydrogen-bond acceptors (Lipinski definition) is 4. The first-order chi connectivity index (χ1) is 20.1. The monoisotopic (exact) mass is 548 g/mol. The van der Waals surface area contributed by atoms with Gasteiger partial charge < -0.3 is 19.3 Å². The average Bonchev–Trinajstić information content (AvgIpc) is 3.16. The third-order valence-electron chi connectivity index (χ3n) is 7.32. The number of carboxylic acid groups (broad SMARTS) is 1. The van der Waals surface area contributed by atoms with E-state index >= 15 is 0 Å². The molecule has 0 radical (unpaired) electrons. The fourth-order valence-electron chi connectivity index (χ4n) is 5.20. The molecule has 1 N–H and O–H groups in total. The lowest BCUT2D eigenvalue weighted by Gasteiger charge is -2.22. The molecule has 4 aromatic rings. The summed E-state index contributed by atoms with van der Waals surface area (Å²) in [5, 5.41) is 9.33. The van der Waals surface area contributed by atoms with Crippen molar-refractivity contribution in [3.8, 4) is 5.75 Å². The van der Waals surface area contributed by atoms with E-state index in [0.717, 1.165) is 35.1 Å². The third kappa shape index (κ3) is 7.51. The van der Waals surface area contributed by atoms with Gasteiger partial charge in [0.25, 0.3) is 0 Å². The first-order valence-electron chi connectivity index (χ1n) is 14.2. The molecule has 0 heterocycles. The standard InChI is InChI=1S/C36H36O5/c1-2-39-34(36(37)38)25-28-15-20-31(21-16-28)40-22-23-41-35-32-11-7-6-10-29(32)18-19-30-17-14-27(24-33(30)35)13-12-26-8-4-3-5-9-26/h3-11,14-21,24,34-35H,2,12-13,22-23,25H2,1H3,(H,37,38). The molecule has 0 saturated carbocycles. The van der Waals surface area contributed by atoms with Crippen LogP contribution in [0.4, 0.5) is 0 Å². The second kappa shape index (κ2) is 13.9. The van der Waals surface area contributed by atoms with E-state index in [1.807, 2.05) is 24.3 Å². The molecule has 5 heteroatoms. The number of fused-ring (bicyclic) bond motifs is 2. The van der Waals surface area contributed by atoms with Crippen LogP contribution in [0.15, 0.2) is 97.1 Å². The summed E-state index contributed by atoms with van der Waals surface area (Å²) < 4.78 is 17.8. The van der Waals surface area contributed by atoms with E-state index in [2.05, 4.69) is 84.9 Å². The Morgan fingerprint density at radius 2 is 1.44 bits per heavy atom. The number of aliphatic carboxylic acids is 1. The minimum Gasteiger partial charge on any atom is -0.491 e. The van der Waals surface area contributed by atoms with E-state index in [0.29, 0.717) is 32.0 Å². The fourth-order valence-corrected chi connectivity index (χ4v) is 5.20. The van der Waals surface area contributed by atoms with Crippen LogP contribution < -0.4 is 4.74 Å². The molecule has 5 rings (SSSR count). The normalized spacial score (nSPS) is 14.5. The van der Waals surface area contributed by atoms with Crippen molar-refractivity contribution in [1.82, 2.24) is 0 Å². The molecule has 210 valence electrons. The summed E-state index contributed by atoms with van der Waals surface area (Å²) in [4.78, 5) is 11.4. The van der Waals surface area contributed by atoms with Gasteiger partial charge in [-0.3, -0.25) is 0 Å². The van der Waals surface area contributed by atoms with Gasteiger partial charge in [0, 0.05) is 13.0 Å². The lowest BCUT2D eigenvalue weighted by molar-refractivity contribution is -0.149. The number of benzene rings is 4. The molecule has 5 nitrogen and oxygen atoms in total. The molecule has 1 aliphatic carbocycles. The highest BCUT2D eigenvalue weighted by molar-refractivity contribution is 5.76. The topological polar surface area (TPSA) is 65.0 Å². The van der Waals surface area contributed by atoms with Crippen molar-refractivity contribution in [2.75, 3.05) is 19.8 Å². The molecule has 0 aromatic heterocycles. The van der Waals surface area contributed by atoms with Gasteiger partial charge in [-0.25, -0.2) is 4.79 Å². The van der Waals surface area contributed by atoms with Crippen LogP contribution in [0.3, 0.4) is 0 Å². The summed E-state index contributed by atoms with van der Waals surface area (Å²) >= 11 is 0. The number of rotatable bonds is 13. The largest absolute Gasteiger partial charge is 0.491 e. The van der Waals surface area contributed by atoms with Gasteiger partial charge in [0.15, 0.2) is 6.10 Å². The Hall–Kier alpha value is -4.19. The molecule has 4 aromatic carbocycles. The predicted octanol–water partition coefficient (Wildman–Crippen LogP) is 7.17. The zero-order valence-electron chi connectivity index (χ0n) is 23.4. The molecular weight excluding hydrogens is 512 g/mol. The molecular formula is C36H36O5. The van der Waals surface area contributed by atoms with Crippen molar-refractivity contribution < 1.29 is 24.1 Å². The summed E-state index contributed by atoms with van der Waals surface area (Å²) in [5.41, 5.74) is 8.15. The van der Waals surface area contributed by atoms with Gasteiger partial charge in [-0.15, -0.1) is 0 Å². The smallest absolute Gasteiger partial charge is 0.333 e. The van der Waals surface area contributed by atoms with Gasteiger partial charge in [0.1, 0.15) is 18.5 Å². The summed E-state index contributed by atoms with van der Waals surface area (Å²) in [7, 11) is 0. The van der Waals surface area contributed by atoms with Crippen LogP contribution in [0.5, 0.6) is 5.75 Å². The van der Waals surface area contributed by atoms with Crippen molar-refractivity contribution in [2.45, 2.75) is 38.4 Å². The summed E-state index contributed by atoms with van der Waals surface area (Å²) in [6, 6.07) is 33.2. The minimum atomic E-state index is -0.954. The maximum Gasteiger partial charge on any atom is 0.333 e. The Balaban J connectivity index is 1.24.